The van der Waals surface area contributed by atoms with Crippen molar-refractivity contribution in [2.75, 3.05) is 27.3 Å². The molecule has 1 heterocycles. The molecule has 28 heavy (non-hydrogen) atoms. The van der Waals surface area contributed by atoms with Gasteiger partial charge in [0.2, 0.25) is 11.8 Å². The number of carboxylic acid groups (broad SMARTS) is 1. The van der Waals surface area contributed by atoms with E-state index < -0.39 is 36.5 Å². The van der Waals surface area contributed by atoms with Crippen LogP contribution < -0.4 is 30.8 Å². The van der Waals surface area contributed by atoms with Crippen molar-refractivity contribution in [3.63, 3.8) is 0 Å². The zero-order valence-electron chi connectivity index (χ0n) is 15.5. The van der Waals surface area contributed by atoms with Gasteiger partial charge in [0.1, 0.15) is 17.1 Å². The van der Waals surface area contributed by atoms with E-state index in [9.17, 15) is 24.3 Å². The number of carbonyl (C=O) groups is 3. The maximum absolute atomic E-state index is 12.3. The second kappa shape index (κ2) is 8.89. The maximum Gasteiger partial charge on any atom is 0.340 e. The number of benzene rings is 1. The highest BCUT2D eigenvalue weighted by Gasteiger charge is 2.19. The Hall–Kier alpha value is -3.56. The molecule has 0 aliphatic carbocycles. The Bertz CT molecular complexity index is 980. The Morgan fingerprint density at radius 2 is 1.75 bits per heavy atom. The first-order valence-electron chi connectivity index (χ1n) is 8.18. The first kappa shape index (κ1) is 20.7. The van der Waals surface area contributed by atoms with Crippen molar-refractivity contribution < 1.29 is 33.4 Å². The van der Waals surface area contributed by atoms with Crippen molar-refractivity contribution >= 4 is 28.8 Å². The van der Waals surface area contributed by atoms with Gasteiger partial charge in [0.25, 0.3) is 0 Å². The number of ether oxygens (including phenoxy) is 2. The van der Waals surface area contributed by atoms with Crippen LogP contribution in [-0.4, -0.2) is 45.1 Å². The van der Waals surface area contributed by atoms with Crippen LogP contribution in [0.4, 0.5) is 0 Å². The lowest BCUT2D eigenvalue weighted by molar-refractivity contribution is -0.304. The van der Waals surface area contributed by atoms with Gasteiger partial charge >= 0.3 is 5.63 Å². The maximum atomic E-state index is 12.3. The summed E-state index contributed by atoms with van der Waals surface area (Å²) in [6.07, 6.45) is -0.326. The summed E-state index contributed by atoms with van der Waals surface area (Å²) in [5.74, 6) is -1.90. The molecular weight excluding hydrogens is 372 g/mol. The monoisotopic (exact) mass is 391 g/mol. The summed E-state index contributed by atoms with van der Waals surface area (Å²) in [6.45, 7) is 0.555. The Labute approximate surface area is 159 Å². The summed E-state index contributed by atoms with van der Waals surface area (Å²) in [5.41, 5.74) is 0.173. The second-order valence-corrected chi connectivity index (χ2v) is 5.80. The van der Waals surface area contributed by atoms with E-state index in [1.165, 1.54) is 20.3 Å². The lowest BCUT2D eigenvalue weighted by Gasteiger charge is -2.13. The number of hydrogen-bond acceptors (Lipinski definition) is 8. The molecule has 10 nitrogen and oxygen atoms in total. The van der Waals surface area contributed by atoms with Crippen LogP contribution in [0.3, 0.4) is 0 Å². The number of carbonyl (C=O) groups excluding carboxylic acids is 3. The third-order valence-corrected chi connectivity index (χ3v) is 3.99. The van der Waals surface area contributed by atoms with Crippen molar-refractivity contribution in [3.8, 4) is 11.5 Å². The van der Waals surface area contributed by atoms with E-state index >= 15 is 0 Å². The molecule has 0 fully saturated rings. The van der Waals surface area contributed by atoms with Crippen LogP contribution in [0.15, 0.2) is 21.3 Å². The van der Waals surface area contributed by atoms with E-state index in [0.29, 0.717) is 22.4 Å². The molecular formula is C18H19N2O8-. The van der Waals surface area contributed by atoms with Crippen LogP contribution in [0, 0.1) is 6.92 Å². The third-order valence-electron chi connectivity index (χ3n) is 3.99. The largest absolute Gasteiger partial charge is 0.548 e. The average Bonchev–Trinajstić information content (AvgIpc) is 2.66. The van der Waals surface area contributed by atoms with Gasteiger partial charge in [-0.1, -0.05) is 0 Å². The smallest absolute Gasteiger partial charge is 0.340 e. The number of hydrogen-bond donors (Lipinski definition) is 2. The second-order valence-electron chi connectivity index (χ2n) is 5.80. The summed E-state index contributed by atoms with van der Waals surface area (Å²) in [7, 11) is 2.92. The Morgan fingerprint density at radius 3 is 2.36 bits per heavy atom. The lowest BCUT2D eigenvalue weighted by atomic mass is 10.0. The zero-order chi connectivity index (χ0) is 20.8. The number of carboxylic acids is 1. The average molecular weight is 391 g/mol. The molecule has 0 aliphatic heterocycles. The number of aryl methyl sites for hydroxylation is 1. The van der Waals surface area contributed by atoms with Gasteiger partial charge in [-0.25, -0.2) is 4.79 Å². The third kappa shape index (κ3) is 4.78. The topological polar surface area (TPSA) is 147 Å². The minimum atomic E-state index is -1.45. The molecule has 2 N–H and O–H groups in total. The molecule has 2 aromatic rings. The minimum Gasteiger partial charge on any atom is -0.548 e. The Morgan fingerprint density at radius 1 is 1.07 bits per heavy atom. The molecule has 2 rings (SSSR count). The fraction of sp³-hybridized carbons (Fsp3) is 0.333. The predicted octanol–water partition coefficient (Wildman–Crippen LogP) is -1.36. The van der Waals surface area contributed by atoms with Crippen LogP contribution in [-0.2, 0) is 20.8 Å². The van der Waals surface area contributed by atoms with Gasteiger partial charge in [-0.15, -0.1) is 0 Å². The summed E-state index contributed by atoms with van der Waals surface area (Å²) >= 11 is 0. The number of aliphatic carboxylic acids is 1. The quantitative estimate of drug-likeness (QED) is 0.525. The molecule has 0 bridgehead atoms. The van der Waals surface area contributed by atoms with Gasteiger partial charge in [-0.2, -0.15) is 0 Å². The highest BCUT2D eigenvalue weighted by Crippen LogP contribution is 2.33. The number of fused-ring (bicyclic) bond motifs is 1. The van der Waals surface area contributed by atoms with E-state index in [2.05, 4.69) is 5.32 Å². The molecule has 10 heteroatoms. The fourth-order valence-corrected chi connectivity index (χ4v) is 2.60. The summed E-state index contributed by atoms with van der Waals surface area (Å²) in [5, 5.41) is 15.2. The van der Waals surface area contributed by atoms with Crippen molar-refractivity contribution in [1.29, 1.82) is 0 Å². The molecule has 0 unspecified atom stereocenters. The van der Waals surface area contributed by atoms with Gasteiger partial charge in [-0.3, -0.25) is 9.59 Å². The molecule has 0 saturated carbocycles. The number of rotatable bonds is 8. The van der Waals surface area contributed by atoms with Gasteiger partial charge < -0.3 is 34.4 Å². The first-order valence-corrected chi connectivity index (χ1v) is 8.18. The molecule has 0 aliphatic rings. The normalized spacial score (nSPS) is 10.4. The highest BCUT2D eigenvalue weighted by atomic mass is 16.5. The molecule has 0 saturated heterocycles. The molecule has 1 aromatic carbocycles. The van der Waals surface area contributed by atoms with Crippen LogP contribution in [0.2, 0.25) is 0 Å². The van der Waals surface area contributed by atoms with Crippen LogP contribution in [0.1, 0.15) is 11.1 Å². The number of nitrogens with one attached hydrogen (secondary N) is 2. The summed E-state index contributed by atoms with van der Waals surface area (Å²) in [4.78, 5) is 46.1. The van der Waals surface area contributed by atoms with E-state index in [1.54, 1.807) is 13.0 Å². The van der Waals surface area contributed by atoms with E-state index in [4.69, 9.17) is 13.9 Å². The first-order chi connectivity index (χ1) is 13.3. The number of amides is 2. The molecule has 0 radical (unpaired) electrons. The predicted molar refractivity (Wildman–Crippen MR) is 95.1 cm³/mol. The van der Waals surface area contributed by atoms with Gasteiger partial charge in [0, 0.05) is 12.1 Å². The van der Waals surface area contributed by atoms with Crippen LogP contribution in [0.5, 0.6) is 11.5 Å². The summed E-state index contributed by atoms with van der Waals surface area (Å²) < 4.78 is 15.8. The SMILES string of the molecule is COc1cc(OC)c2c(C)c(CC(=O)NCC(=O)NCC(=O)[O-])c(=O)oc2c1. The molecule has 1 aromatic heterocycles. The highest BCUT2D eigenvalue weighted by molar-refractivity contribution is 5.91. The summed E-state index contributed by atoms with van der Waals surface area (Å²) in [6, 6.07) is 3.17. The van der Waals surface area contributed by atoms with Crippen LogP contribution >= 0.6 is 0 Å². The standard InChI is InChI=1S/C18H20N2O8/c1-9-11(6-14(21)19-7-15(22)20-8-16(23)24)18(25)28-13-5-10(26-2)4-12(27-3)17(9)13/h4-5H,6-8H2,1-3H3,(H,19,21)(H,20,22)(H,23,24)/p-1. The van der Waals surface area contributed by atoms with Crippen molar-refractivity contribution in [3.05, 3.63) is 33.7 Å². The number of methoxy groups -OCH3 is 2. The molecule has 0 atom stereocenters. The molecule has 0 spiro atoms. The van der Waals surface area contributed by atoms with Crippen molar-refractivity contribution in [1.82, 2.24) is 10.6 Å². The van der Waals surface area contributed by atoms with Gasteiger partial charge in [-0.05, 0) is 12.5 Å². The Kier molecular flexibility index (Phi) is 6.59. The molecule has 2 amide bonds. The lowest BCUT2D eigenvalue weighted by Crippen LogP contribution is -2.43. The van der Waals surface area contributed by atoms with E-state index in [0.717, 1.165) is 0 Å². The van der Waals surface area contributed by atoms with Crippen molar-refractivity contribution in [2.24, 2.45) is 0 Å². The fourth-order valence-electron chi connectivity index (χ4n) is 2.60. The minimum absolute atomic E-state index is 0.114. The van der Waals surface area contributed by atoms with Gasteiger partial charge in [0.05, 0.1) is 50.6 Å². The molecule has 150 valence electrons. The zero-order valence-corrected chi connectivity index (χ0v) is 15.5. The Balaban J connectivity index is 2.23. The van der Waals surface area contributed by atoms with Crippen LogP contribution in [0.25, 0.3) is 11.0 Å². The van der Waals surface area contributed by atoms with E-state index in [1.807, 2.05) is 5.32 Å². The van der Waals surface area contributed by atoms with E-state index in [-0.39, 0.29) is 17.6 Å². The van der Waals surface area contributed by atoms with Crippen molar-refractivity contribution in [2.45, 2.75) is 13.3 Å². The van der Waals surface area contributed by atoms with Gasteiger partial charge in [0.15, 0.2) is 0 Å².